The van der Waals surface area contributed by atoms with Crippen LogP contribution >= 0.6 is 15.9 Å². The number of esters is 1. The molecule has 2 nitrogen and oxygen atoms in total. The Labute approximate surface area is 109 Å². The van der Waals surface area contributed by atoms with Gasteiger partial charge < -0.3 is 4.74 Å². The van der Waals surface area contributed by atoms with Crippen molar-refractivity contribution in [2.45, 2.75) is 32.6 Å². The summed E-state index contributed by atoms with van der Waals surface area (Å²) in [4.78, 5) is 12.0. The van der Waals surface area contributed by atoms with Crippen LogP contribution < -0.4 is 0 Å². The molecule has 1 unspecified atom stereocenters. The smallest absolute Gasteiger partial charge is 0.316 e. The Morgan fingerprint density at radius 1 is 1.47 bits per heavy atom. The Morgan fingerprint density at radius 2 is 2.12 bits per heavy atom. The molecule has 0 heterocycles. The molecule has 1 rings (SSSR count). The molecule has 1 atom stereocenters. The van der Waals surface area contributed by atoms with Crippen molar-refractivity contribution in [2.75, 3.05) is 6.61 Å². The van der Waals surface area contributed by atoms with E-state index in [9.17, 15) is 9.18 Å². The monoisotopic (exact) mass is 302 g/mol. The molecule has 4 heteroatoms. The van der Waals surface area contributed by atoms with E-state index in [2.05, 4.69) is 15.9 Å². The first-order valence-corrected chi connectivity index (χ1v) is 6.38. The summed E-state index contributed by atoms with van der Waals surface area (Å²) in [5, 5.41) is 0. The second kappa shape index (κ2) is 5.63. The Morgan fingerprint density at radius 3 is 2.59 bits per heavy atom. The van der Waals surface area contributed by atoms with Gasteiger partial charge in [-0.05, 0) is 32.4 Å². The maximum absolute atomic E-state index is 13.9. The van der Waals surface area contributed by atoms with Crippen molar-refractivity contribution in [3.63, 3.8) is 0 Å². The van der Waals surface area contributed by atoms with Gasteiger partial charge in [0, 0.05) is 10.0 Å². The van der Waals surface area contributed by atoms with Gasteiger partial charge in [0.1, 0.15) is 5.82 Å². The van der Waals surface area contributed by atoms with Crippen LogP contribution in [0.1, 0.15) is 32.8 Å². The highest BCUT2D eigenvalue weighted by Gasteiger charge is 2.38. The molecule has 0 spiro atoms. The molecule has 0 radical (unpaired) electrons. The highest BCUT2D eigenvalue weighted by Crippen LogP contribution is 2.36. The van der Waals surface area contributed by atoms with Crippen LogP contribution in [0.25, 0.3) is 0 Å². The van der Waals surface area contributed by atoms with Gasteiger partial charge in [-0.25, -0.2) is 4.39 Å². The highest BCUT2D eigenvalue weighted by atomic mass is 79.9. The molecule has 0 aliphatic rings. The average molecular weight is 303 g/mol. The summed E-state index contributed by atoms with van der Waals surface area (Å²) in [6.07, 6.45) is 0.478. The molecule has 0 aliphatic carbocycles. The van der Waals surface area contributed by atoms with E-state index in [-0.39, 0.29) is 0 Å². The minimum absolute atomic E-state index is 0.292. The lowest BCUT2D eigenvalue weighted by atomic mass is 9.80. The van der Waals surface area contributed by atoms with Crippen molar-refractivity contribution in [2.24, 2.45) is 0 Å². The van der Waals surface area contributed by atoms with E-state index in [1.807, 2.05) is 6.92 Å². The fourth-order valence-electron chi connectivity index (χ4n) is 1.74. The molecule has 1 aromatic rings. The summed E-state index contributed by atoms with van der Waals surface area (Å²) in [5.74, 6) is -0.787. The van der Waals surface area contributed by atoms with E-state index < -0.39 is 17.2 Å². The summed E-state index contributed by atoms with van der Waals surface area (Å²) < 4.78 is 19.5. The Hall–Kier alpha value is -0.900. The minimum atomic E-state index is -0.958. The highest BCUT2D eigenvalue weighted by molar-refractivity contribution is 9.10. The van der Waals surface area contributed by atoms with Crippen LogP contribution in [0.2, 0.25) is 0 Å². The van der Waals surface area contributed by atoms with Crippen molar-refractivity contribution < 1.29 is 13.9 Å². The largest absolute Gasteiger partial charge is 0.465 e. The van der Waals surface area contributed by atoms with Crippen LogP contribution in [-0.4, -0.2) is 12.6 Å². The normalized spacial score (nSPS) is 14.2. The quantitative estimate of drug-likeness (QED) is 0.790. The van der Waals surface area contributed by atoms with E-state index in [1.54, 1.807) is 26.0 Å². The van der Waals surface area contributed by atoms with Gasteiger partial charge in [0.2, 0.25) is 0 Å². The van der Waals surface area contributed by atoms with Crippen LogP contribution in [0.15, 0.2) is 22.7 Å². The zero-order chi connectivity index (χ0) is 13.1. The first-order chi connectivity index (χ1) is 7.97. The van der Waals surface area contributed by atoms with E-state index >= 15 is 0 Å². The number of rotatable bonds is 4. The molecule has 0 saturated heterocycles. The third-order valence-electron chi connectivity index (χ3n) is 2.95. The summed E-state index contributed by atoms with van der Waals surface area (Å²) in [6.45, 7) is 5.58. The van der Waals surface area contributed by atoms with Crippen LogP contribution in [0, 0.1) is 5.82 Å². The topological polar surface area (TPSA) is 26.3 Å². The second-order valence-corrected chi connectivity index (χ2v) is 4.86. The third-order valence-corrected chi connectivity index (χ3v) is 3.61. The van der Waals surface area contributed by atoms with Gasteiger partial charge in [0.05, 0.1) is 12.0 Å². The van der Waals surface area contributed by atoms with Crippen molar-refractivity contribution in [1.82, 2.24) is 0 Å². The summed E-state index contributed by atoms with van der Waals surface area (Å²) >= 11 is 3.30. The second-order valence-electron chi connectivity index (χ2n) is 4.00. The molecule has 94 valence electrons. The lowest BCUT2D eigenvalue weighted by molar-refractivity contribution is -0.149. The van der Waals surface area contributed by atoms with Gasteiger partial charge in [-0.1, -0.05) is 28.9 Å². The maximum Gasteiger partial charge on any atom is 0.316 e. The molecule has 0 N–H and O–H groups in total. The summed E-state index contributed by atoms with van der Waals surface area (Å²) in [6, 6.07) is 4.68. The molecular formula is C13H16BrFO2. The number of hydrogen-bond donors (Lipinski definition) is 0. The van der Waals surface area contributed by atoms with Gasteiger partial charge in [-0.2, -0.15) is 0 Å². The zero-order valence-electron chi connectivity index (χ0n) is 10.2. The van der Waals surface area contributed by atoms with Crippen molar-refractivity contribution in [3.8, 4) is 0 Å². The first kappa shape index (κ1) is 14.2. The first-order valence-electron chi connectivity index (χ1n) is 5.59. The van der Waals surface area contributed by atoms with E-state index in [1.165, 1.54) is 6.07 Å². The van der Waals surface area contributed by atoms with E-state index in [0.717, 1.165) is 0 Å². The van der Waals surface area contributed by atoms with Crippen molar-refractivity contribution in [3.05, 3.63) is 34.1 Å². The van der Waals surface area contributed by atoms with Crippen LogP contribution in [0.4, 0.5) is 4.39 Å². The zero-order valence-corrected chi connectivity index (χ0v) is 11.8. The Kier molecular flexibility index (Phi) is 4.69. The van der Waals surface area contributed by atoms with Crippen molar-refractivity contribution in [1.29, 1.82) is 0 Å². The Bertz CT molecular complexity index is 400. The van der Waals surface area contributed by atoms with Gasteiger partial charge in [-0.3, -0.25) is 4.79 Å². The lowest BCUT2D eigenvalue weighted by Crippen LogP contribution is -2.35. The van der Waals surface area contributed by atoms with E-state index in [4.69, 9.17) is 4.74 Å². The standard InChI is InChI=1S/C13H16BrFO2/c1-4-13(3,12(16)17-5-2)11-9(14)7-6-8-10(11)15/h6-8H,4-5H2,1-3H3. The van der Waals surface area contributed by atoms with Gasteiger partial charge >= 0.3 is 5.97 Å². The predicted molar refractivity (Wildman–Crippen MR) is 68.4 cm³/mol. The number of benzene rings is 1. The molecule has 0 aliphatic heterocycles. The van der Waals surface area contributed by atoms with Crippen LogP contribution in [-0.2, 0) is 14.9 Å². The van der Waals surface area contributed by atoms with Gasteiger partial charge in [0.15, 0.2) is 0 Å². The fourth-order valence-corrected chi connectivity index (χ4v) is 2.52. The fraction of sp³-hybridized carbons (Fsp3) is 0.462. The van der Waals surface area contributed by atoms with Crippen LogP contribution in [0.3, 0.4) is 0 Å². The third kappa shape index (κ3) is 2.68. The number of halogens is 2. The SMILES string of the molecule is CCOC(=O)C(C)(CC)c1c(F)cccc1Br. The number of ether oxygens (including phenoxy) is 1. The lowest BCUT2D eigenvalue weighted by Gasteiger charge is -2.27. The molecule has 0 saturated carbocycles. The molecule has 0 amide bonds. The Balaban J connectivity index is 3.30. The maximum atomic E-state index is 13.9. The molecule has 0 aromatic heterocycles. The number of carbonyl (C=O) groups is 1. The van der Waals surface area contributed by atoms with Crippen LogP contribution in [0.5, 0.6) is 0 Å². The van der Waals surface area contributed by atoms with Crippen molar-refractivity contribution >= 4 is 21.9 Å². The molecule has 1 aromatic carbocycles. The van der Waals surface area contributed by atoms with Gasteiger partial charge in [-0.15, -0.1) is 0 Å². The molecule has 17 heavy (non-hydrogen) atoms. The van der Waals surface area contributed by atoms with E-state index in [0.29, 0.717) is 23.1 Å². The number of hydrogen-bond acceptors (Lipinski definition) is 2. The average Bonchev–Trinajstić information content (AvgIpc) is 2.28. The summed E-state index contributed by atoms with van der Waals surface area (Å²) in [5.41, 5.74) is -0.596. The molecular weight excluding hydrogens is 287 g/mol. The van der Waals surface area contributed by atoms with Gasteiger partial charge in [0.25, 0.3) is 0 Å². The molecule has 0 bridgehead atoms. The predicted octanol–water partition coefficient (Wildman–Crippen LogP) is 3.82. The number of carbonyl (C=O) groups excluding carboxylic acids is 1. The summed E-state index contributed by atoms with van der Waals surface area (Å²) in [7, 11) is 0. The minimum Gasteiger partial charge on any atom is -0.465 e. The molecule has 0 fully saturated rings.